The van der Waals surface area contributed by atoms with Crippen molar-refractivity contribution in [3.63, 3.8) is 0 Å². The van der Waals surface area contributed by atoms with Gasteiger partial charge in [0.05, 0.1) is 19.9 Å². The van der Waals surface area contributed by atoms with Gasteiger partial charge in [-0.1, -0.05) is 29.8 Å². The van der Waals surface area contributed by atoms with E-state index in [0.29, 0.717) is 17.2 Å². The van der Waals surface area contributed by atoms with Crippen molar-refractivity contribution in [3.8, 4) is 5.75 Å². The van der Waals surface area contributed by atoms with Crippen LogP contribution in [0.1, 0.15) is 16.9 Å². The Kier molecular flexibility index (Phi) is 7.05. The zero-order chi connectivity index (χ0) is 21.3. The standard InChI is InChI=1S/C24H24N2O4/c1-18-10-12-22(29-2)19(15-18)11-13-24(28)26(16-21-9-6-14-30-21)17-23(27)25-20-7-4-3-5-8-20/h3-15H,16-17H2,1-2H3,(H,25,27)/b13-11+. The molecular weight excluding hydrogens is 380 g/mol. The number of nitrogens with zero attached hydrogens (tertiary/aromatic N) is 1. The highest BCUT2D eigenvalue weighted by Gasteiger charge is 2.17. The second-order valence-electron chi connectivity index (χ2n) is 6.77. The van der Waals surface area contributed by atoms with Crippen LogP contribution in [0.4, 0.5) is 5.69 Å². The lowest BCUT2D eigenvalue weighted by Crippen LogP contribution is -2.36. The van der Waals surface area contributed by atoms with Crippen LogP contribution in [0.25, 0.3) is 6.08 Å². The Hall–Kier alpha value is -3.80. The molecule has 1 N–H and O–H groups in total. The molecule has 0 radical (unpaired) electrons. The third kappa shape index (κ3) is 5.85. The Morgan fingerprint density at radius 2 is 1.90 bits per heavy atom. The van der Waals surface area contributed by atoms with E-state index in [2.05, 4.69) is 5.32 Å². The minimum Gasteiger partial charge on any atom is -0.496 e. The Morgan fingerprint density at radius 1 is 1.10 bits per heavy atom. The average Bonchev–Trinajstić information content (AvgIpc) is 3.25. The molecule has 2 aromatic carbocycles. The number of rotatable bonds is 8. The summed E-state index contributed by atoms with van der Waals surface area (Å²) in [6, 6.07) is 18.4. The third-order valence-corrected chi connectivity index (χ3v) is 4.42. The number of aryl methyl sites for hydroxylation is 1. The van der Waals surface area contributed by atoms with E-state index in [9.17, 15) is 9.59 Å². The van der Waals surface area contributed by atoms with Crippen molar-refractivity contribution >= 4 is 23.6 Å². The first kappa shape index (κ1) is 20.9. The highest BCUT2D eigenvalue weighted by molar-refractivity contribution is 5.98. The molecule has 1 aromatic heterocycles. The lowest BCUT2D eigenvalue weighted by molar-refractivity contribution is -0.131. The van der Waals surface area contributed by atoms with Gasteiger partial charge in [0.1, 0.15) is 18.1 Å². The van der Waals surface area contributed by atoms with Crippen LogP contribution in [-0.2, 0) is 16.1 Å². The largest absolute Gasteiger partial charge is 0.496 e. The molecule has 0 aliphatic rings. The molecule has 0 spiro atoms. The van der Waals surface area contributed by atoms with Crippen LogP contribution in [-0.4, -0.2) is 30.4 Å². The molecule has 0 aliphatic heterocycles. The maximum atomic E-state index is 12.9. The smallest absolute Gasteiger partial charge is 0.247 e. The Labute approximate surface area is 175 Å². The number of amides is 2. The van der Waals surface area contributed by atoms with E-state index in [1.54, 1.807) is 37.5 Å². The fourth-order valence-electron chi connectivity index (χ4n) is 2.95. The lowest BCUT2D eigenvalue weighted by Gasteiger charge is -2.19. The van der Waals surface area contributed by atoms with Crippen molar-refractivity contribution < 1.29 is 18.7 Å². The molecule has 0 saturated carbocycles. The SMILES string of the molecule is COc1ccc(C)cc1/C=C/C(=O)N(CC(=O)Nc1ccccc1)Cc1ccco1. The molecule has 3 rings (SSSR count). The van der Waals surface area contributed by atoms with Crippen molar-refractivity contribution in [2.24, 2.45) is 0 Å². The summed E-state index contributed by atoms with van der Waals surface area (Å²) in [6.45, 7) is 2.04. The fourth-order valence-corrected chi connectivity index (χ4v) is 2.95. The first-order valence-electron chi connectivity index (χ1n) is 9.54. The normalized spacial score (nSPS) is 10.7. The summed E-state index contributed by atoms with van der Waals surface area (Å²) in [5, 5.41) is 2.80. The summed E-state index contributed by atoms with van der Waals surface area (Å²) >= 11 is 0. The molecule has 6 heteroatoms. The van der Waals surface area contributed by atoms with Crippen LogP contribution in [0.5, 0.6) is 5.75 Å². The van der Waals surface area contributed by atoms with Gasteiger partial charge in [-0.15, -0.1) is 0 Å². The number of carbonyl (C=O) groups is 2. The van der Waals surface area contributed by atoms with Crippen LogP contribution < -0.4 is 10.1 Å². The van der Waals surface area contributed by atoms with Gasteiger partial charge in [0.2, 0.25) is 11.8 Å². The van der Waals surface area contributed by atoms with Gasteiger partial charge in [-0.2, -0.15) is 0 Å². The van der Waals surface area contributed by atoms with Crippen LogP contribution in [0.15, 0.2) is 77.4 Å². The predicted molar refractivity (Wildman–Crippen MR) is 116 cm³/mol. The van der Waals surface area contributed by atoms with Crippen molar-refractivity contribution in [1.29, 1.82) is 0 Å². The van der Waals surface area contributed by atoms with E-state index in [0.717, 1.165) is 11.1 Å². The molecule has 154 valence electrons. The summed E-state index contributed by atoms with van der Waals surface area (Å²) in [5.74, 6) is 0.669. The molecule has 0 aliphatic carbocycles. The molecule has 0 unspecified atom stereocenters. The zero-order valence-corrected chi connectivity index (χ0v) is 17.0. The summed E-state index contributed by atoms with van der Waals surface area (Å²) in [5.41, 5.74) is 2.52. The van der Waals surface area contributed by atoms with Crippen molar-refractivity contribution in [1.82, 2.24) is 4.90 Å². The molecule has 1 heterocycles. The number of benzene rings is 2. The van der Waals surface area contributed by atoms with Crippen molar-refractivity contribution in [2.45, 2.75) is 13.5 Å². The molecule has 6 nitrogen and oxygen atoms in total. The van der Waals surface area contributed by atoms with Gasteiger partial charge in [0.15, 0.2) is 0 Å². The number of methoxy groups -OCH3 is 1. The lowest BCUT2D eigenvalue weighted by atomic mass is 10.1. The zero-order valence-electron chi connectivity index (χ0n) is 17.0. The van der Waals surface area contributed by atoms with Gasteiger partial charge in [-0.25, -0.2) is 0 Å². The fraction of sp³-hybridized carbons (Fsp3) is 0.167. The topological polar surface area (TPSA) is 71.8 Å². The van der Waals surface area contributed by atoms with Gasteiger partial charge in [-0.05, 0) is 49.4 Å². The van der Waals surface area contributed by atoms with Crippen LogP contribution >= 0.6 is 0 Å². The van der Waals surface area contributed by atoms with E-state index in [1.807, 2.05) is 43.3 Å². The van der Waals surface area contributed by atoms with Crippen LogP contribution in [0.3, 0.4) is 0 Å². The first-order chi connectivity index (χ1) is 14.5. The number of hydrogen-bond acceptors (Lipinski definition) is 4. The summed E-state index contributed by atoms with van der Waals surface area (Å²) < 4.78 is 10.7. The monoisotopic (exact) mass is 404 g/mol. The van der Waals surface area contributed by atoms with Gasteiger partial charge < -0.3 is 19.4 Å². The summed E-state index contributed by atoms with van der Waals surface area (Å²) in [4.78, 5) is 26.8. The molecule has 2 amide bonds. The van der Waals surface area contributed by atoms with Crippen molar-refractivity contribution in [3.05, 3.63) is 89.9 Å². The quantitative estimate of drug-likeness (QED) is 0.569. The highest BCUT2D eigenvalue weighted by Crippen LogP contribution is 2.21. The molecular formula is C24H24N2O4. The van der Waals surface area contributed by atoms with Gasteiger partial charge in [0.25, 0.3) is 0 Å². The summed E-state index contributed by atoms with van der Waals surface area (Å²) in [6.07, 6.45) is 4.67. The number of ether oxygens (including phenoxy) is 1. The van der Waals surface area contributed by atoms with Gasteiger partial charge in [-0.3, -0.25) is 9.59 Å². The van der Waals surface area contributed by atoms with E-state index < -0.39 is 0 Å². The average molecular weight is 404 g/mol. The van der Waals surface area contributed by atoms with Gasteiger partial charge in [0, 0.05) is 17.3 Å². The maximum Gasteiger partial charge on any atom is 0.247 e. The Balaban J connectivity index is 1.75. The minimum absolute atomic E-state index is 0.107. The molecule has 30 heavy (non-hydrogen) atoms. The number of para-hydroxylation sites is 1. The number of hydrogen-bond donors (Lipinski definition) is 1. The van der Waals surface area contributed by atoms with E-state index in [-0.39, 0.29) is 24.9 Å². The van der Waals surface area contributed by atoms with E-state index in [1.165, 1.54) is 17.2 Å². The molecule has 0 saturated heterocycles. The minimum atomic E-state index is -0.307. The second kappa shape index (κ2) is 10.1. The van der Waals surface area contributed by atoms with Crippen LogP contribution in [0, 0.1) is 6.92 Å². The summed E-state index contributed by atoms with van der Waals surface area (Å²) in [7, 11) is 1.58. The number of carbonyl (C=O) groups excluding carboxylic acids is 2. The predicted octanol–water partition coefficient (Wildman–Crippen LogP) is 4.28. The Morgan fingerprint density at radius 3 is 2.60 bits per heavy atom. The number of anilines is 1. The number of nitrogens with one attached hydrogen (secondary N) is 1. The molecule has 3 aromatic rings. The second-order valence-corrected chi connectivity index (χ2v) is 6.77. The van der Waals surface area contributed by atoms with E-state index in [4.69, 9.17) is 9.15 Å². The Bertz CT molecular complexity index is 1010. The maximum absolute atomic E-state index is 12.9. The molecule has 0 fully saturated rings. The number of furan rings is 1. The molecule has 0 bridgehead atoms. The highest BCUT2D eigenvalue weighted by atomic mass is 16.5. The van der Waals surface area contributed by atoms with E-state index >= 15 is 0 Å². The van der Waals surface area contributed by atoms with Gasteiger partial charge >= 0.3 is 0 Å². The third-order valence-electron chi connectivity index (χ3n) is 4.42. The molecule has 0 atom stereocenters. The first-order valence-corrected chi connectivity index (χ1v) is 9.54. The van der Waals surface area contributed by atoms with Crippen LogP contribution in [0.2, 0.25) is 0 Å². The van der Waals surface area contributed by atoms with Crippen molar-refractivity contribution in [2.75, 3.05) is 19.0 Å².